The molecule has 1 atom stereocenters. The van der Waals surface area contributed by atoms with Crippen LogP contribution < -0.4 is 5.32 Å². The van der Waals surface area contributed by atoms with Crippen molar-refractivity contribution in [2.24, 2.45) is 4.99 Å². The molecule has 0 saturated carbocycles. The minimum atomic E-state index is -0.270. The molecule has 2 aromatic rings. The number of benzene rings is 2. The molecular weight excluding hydrogens is 503 g/mol. The van der Waals surface area contributed by atoms with Crippen molar-refractivity contribution in [2.75, 3.05) is 46.9 Å². The zero-order valence-corrected chi connectivity index (χ0v) is 20.9. The fourth-order valence-corrected chi connectivity index (χ4v) is 3.73. The van der Waals surface area contributed by atoms with Crippen molar-refractivity contribution in [3.8, 4) is 0 Å². The number of morpholine rings is 1. The molecule has 1 aliphatic rings. The van der Waals surface area contributed by atoms with Crippen molar-refractivity contribution in [1.82, 2.24) is 15.1 Å². The van der Waals surface area contributed by atoms with Crippen molar-refractivity contribution >= 4 is 35.8 Å². The van der Waals surface area contributed by atoms with E-state index in [0.717, 1.165) is 18.1 Å². The summed E-state index contributed by atoms with van der Waals surface area (Å²) in [6.45, 7) is 5.84. The lowest BCUT2D eigenvalue weighted by molar-refractivity contribution is -0.136. The lowest BCUT2D eigenvalue weighted by Crippen LogP contribution is -2.47. The van der Waals surface area contributed by atoms with Crippen molar-refractivity contribution in [2.45, 2.75) is 19.4 Å². The van der Waals surface area contributed by atoms with E-state index in [2.05, 4.69) is 40.3 Å². The summed E-state index contributed by atoms with van der Waals surface area (Å²) in [4.78, 5) is 21.7. The summed E-state index contributed by atoms with van der Waals surface area (Å²) in [5.41, 5.74) is 3.52. The molecule has 2 aromatic carbocycles. The molecule has 1 N–H and O–H groups in total. The summed E-state index contributed by atoms with van der Waals surface area (Å²) >= 11 is 0. The first-order chi connectivity index (χ1) is 14.6. The molecule has 1 heterocycles. The van der Waals surface area contributed by atoms with Crippen LogP contribution in [0.25, 0.3) is 0 Å². The van der Waals surface area contributed by atoms with E-state index in [0.29, 0.717) is 32.8 Å². The van der Waals surface area contributed by atoms with Gasteiger partial charge in [0, 0.05) is 40.3 Å². The molecule has 168 valence electrons. The van der Waals surface area contributed by atoms with Gasteiger partial charge in [-0.2, -0.15) is 0 Å². The number of ether oxygens (including phenoxy) is 1. The highest BCUT2D eigenvalue weighted by Crippen LogP contribution is 2.19. The van der Waals surface area contributed by atoms with Gasteiger partial charge in [-0.3, -0.25) is 9.79 Å². The first kappa shape index (κ1) is 25.1. The van der Waals surface area contributed by atoms with Gasteiger partial charge in [0.15, 0.2) is 5.96 Å². The monoisotopic (exact) mass is 536 g/mol. The highest BCUT2D eigenvalue weighted by Gasteiger charge is 2.27. The van der Waals surface area contributed by atoms with Crippen LogP contribution in [0.2, 0.25) is 0 Å². The first-order valence-electron chi connectivity index (χ1n) is 10.5. The number of carbonyl (C=O) groups is 1. The highest BCUT2D eigenvalue weighted by atomic mass is 127. The molecule has 0 spiro atoms. The molecule has 7 heteroatoms. The summed E-state index contributed by atoms with van der Waals surface area (Å²) in [5, 5.41) is 3.42. The normalized spacial score (nSPS) is 15.1. The van der Waals surface area contributed by atoms with E-state index in [4.69, 9.17) is 4.74 Å². The van der Waals surface area contributed by atoms with Gasteiger partial charge < -0.3 is 19.9 Å². The Balaban J connectivity index is 0.00000341. The number of nitrogens with zero attached hydrogens (tertiary/aromatic N) is 3. The van der Waals surface area contributed by atoms with Crippen LogP contribution in [-0.4, -0.2) is 68.6 Å². The predicted octanol–water partition coefficient (Wildman–Crippen LogP) is 3.26. The molecule has 1 aliphatic heterocycles. The Morgan fingerprint density at radius 1 is 1.13 bits per heavy atom. The molecule has 31 heavy (non-hydrogen) atoms. The van der Waals surface area contributed by atoms with E-state index in [1.807, 2.05) is 48.3 Å². The largest absolute Gasteiger partial charge is 0.378 e. The van der Waals surface area contributed by atoms with Gasteiger partial charge in [0.05, 0.1) is 19.1 Å². The number of hydrogen-bond donors (Lipinski definition) is 1. The Morgan fingerprint density at radius 2 is 1.77 bits per heavy atom. The maximum absolute atomic E-state index is 13.3. The van der Waals surface area contributed by atoms with E-state index in [9.17, 15) is 4.79 Å². The van der Waals surface area contributed by atoms with Gasteiger partial charge in [-0.25, -0.2) is 0 Å². The van der Waals surface area contributed by atoms with Gasteiger partial charge >= 0.3 is 0 Å². The van der Waals surface area contributed by atoms with Gasteiger partial charge in [-0.15, -0.1) is 24.0 Å². The number of rotatable bonds is 6. The van der Waals surface area contributed by atoms with Crippen LogP contribution >= 0.6 is 24.0 Å². The molecule has 1 unspecified atom stereocenters. The number of halogens is 1. The minimum absolute atomic E-state index is 0. The van der Waals surface area contributed by atoms with E-state index in [-0.39, 0.29) is 35.8 Å². The van der Waals surface area contributed by atoms with Gasteiger partial charge in [0.2, 0.25) is 5.91 Å². The lowest BCUT2D eigenvalue weighted by Gasteiger charge is -2.31. The molecule has 1 saturated heterocycles. The van der Waals surface area contributed by atoms with Crippen molar-refractivity contribution in [3.05, 3.63) is 71.3 Å². The molecule has 6 nitrogen and oxygen atoms in total. The van der Waals surface area contributed by atoms with E-state index in [1.54, 1.807) is 7.05 Å². The summed E-state index contributed by atoms with van der Waals surface area (Å²) in [6, 6.07) is 18.3. The number of aliphatic imine (C=N–C) groups is 1. The maximum atomic E-state index is 13.3. The van der Waals surface area contributed by atoms with Crippen LogP contribution in [-0.2, 0) is 16.1 Å². The third-order valence-electron chi connectivity index (χ3n) is 5.53. The van der Waals surface area contributed by atoms with Gasteiger partial charge in [0.25, 0.3) is 0 Å². The van der Waals surface area contributed by atoms with Crippen LogP contribution in [0.1, 0.15) is 22.6 Å². The van der Waals surface area contributed by atoms with Gasteiger partial charge in [-0.05, 0) is 23.6 Å². The third-order valence-corrected chi connectivity index (χ3v) is 5.53. The summed E-state index contributed by atoms with van der Waals surface area (Å²) < 4.78 is 5.41. The second kappa shape index (κ2) is 12.7. The summed E-state index contributed by atoms with van der Waals surface area (Å²) in [7, 11) is 3.79. The number of guanidine groups is 1. The SMILES string of the molecule is CN=C(NCC(C(=O)N1CCOCC1)c1ccccc1)N(C)Cc1ccccc1C.I. The Kier molecular flexibility index (Phi) is 10.3. The Bertz CT molecular complexity index is 854. The smallest absolute Gasteiger partial charge is 0.232 e. The first-order valence-corrected chi connectivity index (χ1v) is 10.5. The molecule has 1 amide bonds. The fraction of sp³-hybridized carbons (Fsp3) is 0.417. The van der Waals surface area contributed by atoms with E-state index < -0.39 is 0 Å². The van der Waals surface area contributed by atoms with Crippen molar-refractivity contribution in [1.29, 1.82) is 0 Å². The van der Waals surface area contributed by atoms with E-state index >= 15 is 0 Å². The van der Waals surface area contributed by atoms with Gasteiger partial charge in [0.1, 0.15) is 0 Å². The topological polar surface area (TPSA) is 57.2 Å². The standard InChI is InChI=1S/C24H32N4O2.HI/c1-19-9-7-8-12-21(19)18-27(3)24(25-2)26-17-22(20-10-5-4-6-11-20)23(29)28-13-15-30-16-14-28;/h4-12,22H,13-18H2,1-3H3,(H,25,26);1H. The number of nitrogens with one attached hydrogen (secondary N) is 1. The molecular formula is C24H33IN4O2. The quantitative estimate of drug-likeness (QED) is 0.350. The van der Waals surface area contributed by atoms with Crippen LogP contribution in [0.15, 0.2) is 59.6 Å². The Hall–Kier alpha value is -2.13. The zero-order valence-electron chi connectivity index (χ0n) is 18.6. The predicted molar refractivity (Wildman–Crippen MR) is 136 cm³/mol. The van der Waals surface area contributed by atoms with Gasteiger partial charge in [-0.1, -0.05) is 54.6 Å². The highest BCUT2D eigenvalue weighted by molar-refractivity contribution is 14.0. The number of carbonyl (C=O) groups excluding carboxylic acids is 1. The molecule has 3 rings (SSSR count). The maximum Gasteiger partial charge on any atom is 0.232 e. The fourth-order valence-electron chi connectivity index (χ4n) is 3.73. The molecule has 1 fully saturated rings. The second-order valence-electron chi connectivity index (χ2n) is 7.61. The zero-order chi connectivity index (χ0) is 21.3. The van der Waals surface area contributed by atoms with Crippen LogP contribution in [0.5, 0.6) is 0 Å². The Morgan fingerprint density at radius 3 is 2.42 bits per heavy atom. The number of aryl methyl sites for hydroxylation is 1. The minimum Gasteiger partial charge on any atom is -0.378 e. The van der Waals surface area contributed by atoms with E-state index in [1.165, 1.54) is 11.1 Å². The van der Waals surface area contributed by atoms with Crippen LogP contribution in [0, 0.1) is 6.92 Å². The molecule has 0 bridgehead atoms. The average molecular weight is 536 g/mol. The number of amides is 1. The summed E-state index contributed by atoms with van der Waals surface area (Å²) in [5.74, 6) is 0.635. The third kappa shape index (κ3) is 6.93. The number of hydrogen-bond acceptors (Lipinski definition) is 3. The van der Waals surface area contributed by atoms with Crippen molar-refractivity contribution < 1.29 is 9.53 Å². The average Bonchev–Trinajstić information content (AvgIpc) is 2.79. The van der Waals surface area contributed by atoms with Crippen LogP contribution in [0.4, 0.5) is 0 Å². The van der Waals surface area contributed by atoms with Crippen molar-refractivity contribution in [3.63, 3.8) is 0 Å². The molecule has 0 aliphatic carbocycles. The Labute approximate surface area is 202 Å². The second-order valence-corrected chi connectivity index (χ2v) is 7.61. The summed E-state index contributed by atoms with van der Waals surface area (Å²) in [6.07, 6.45) is 0. The van der Waals surface area contributed by atoms with Crippen LogP contribution in [0.3, 0.4) is 0 Å². The lowest BCUT2D eigenvalue weighted by atomic mass is 9.97. The molecule has 0 radical (unpaired) electrons. The molecule has 0 aromatic heterocycles.